The van der Waals surface area contributed by atoms with Gasteiger partial charge in [0.2, 0.25) is 0 Å². The van der Waals surface area contributed by atoms with Crippen LogP contribution in [0.4, 0.5) is 0 Å². The fourth-order valence-electron chi connectivity index (χ4n) is 3.04. The molecule has 0 saturated carbocycles. The van der Waals surface area contributed by atoms with E-state index in [9.17, 15) is 0 Å². The van der Waals surface area contributed by atoms with Crippen LogP contribution in [0.15, 0.2) is 0 Å². The fourth-order valence-corrected chi connectivity index (χ4v) is 19.3. The Morgan fingerprint density at radius 2 is 0.762 bits per heavy atom. The van der Waals surface area contributed by atoms with Crippen LogP contribution < -0.4 is 0 Å². The van der Waals surface area contributed by atoms with Gasteiger partial charge in [-0.25, -0.2) is 0 Å². The molecule has 0 N–H and O–H groups in total. The topological polar surface area (TPSA) is 18.5 Å². The standard InChI is InChI=1S/C15H40O2Si4/c1-18(2,3)16-20(7,8)14-12-11-13-15-21(9,10)17-19(4,5)6/h11-15H2,1-10H3. The summed E-state index contributed by atoms with van der Waals surface area (Å²) in [7, 11) is -5.58. The third-order valence-corrected chi connectivity index (χ3v) is 15.7. The first-order valence-electron chi connectivity index (χ1n) is 8.52. The predicted octanol–water partition coefficient (Wildman–Crippen LogP) is 6.27. The lowest BCUT2D eigenvalue weighted by atomic mass is 10.3. The van der Waals surface area contributed by atoms with Gasteiger partial charge in [-0.05, 0) is 77.6 Å². The average Bonchev–Trinajstić information content (AvgIpc) is 2.07. The predicted molar refractivity (Wildman–Crippen MR) is 107 cm³/mol. The molecular weight excluding hydrogens is 325 g/mol. The van der Waals surface area contributed by atoms with E-state index in [4.69, 9.17) is 8.23 Å². The molecule has 128 valence electrons. The van der Waals surface area contributed by atoms with Crippen molar-refractivity contribution in [1.82, 2.24) is 0 Å². The third-order valence-electron chi connectivity index (χ3n) is 3.22. The molecule has 0 spiro atoms. The molecule has 2 nitrogen and oxygen atoms in total. The Labute approximate surface area is 138 Å². The molecule has 0 radical (unpaired) electrons. The minimum absolute atomic E-state index is 1.31. The molecular formula is C15H40O2Si4. The number of unbranched alkanes of at least 4 members (excludes halogenated alkanes) is 2. The van der Waals surface area contributed by atoms with Crippen LogP contribution in [0.25, 0.3) is 0 Å². The molecule has 0 bridgehead atoms. The Kier molecular flexibility index (Phi) is 8.36. The quantitative estimate of drug-likeness (QED) is 0.336. The minimum Gasteiger partial charge on any atom is -0.456 e. The molecule has 21 heavy (non-hydrogen) atoms. The van der Waals surface area contributed by atoms with Gasteiger partial charge in [-0.3, -0.25) is 0 Å². The van der Waals surface area contributed by atoms with Gasteiger partial charge in [-0.15, -0.1) is 0 Å². The van der Waals surface area contributed by atoms with E-state index >= 15 is 0 Å². The van der Waals surface area contributed by atoms with Crippen molar-refractivity contribution < 1.29 is 8.23 Å². The first-order valence-corrected chi connectivity index (χ1v) is 21.6. The molecule has 0 aromatic carbocycles. The van der Waals surface area contributed by atoms with Gasteiger partial charge in [0.15, 0.2) is 33.3 Å². The van der Waals surface area contributed by atoms with E-state index in [-0.39, 0.29) is 0 Å². The maximum absolute atomic E-state index is 6.41. The molecule has 6 heteroatoms. The second-order valence-electron chi connectivity index (χ2n) is 9.51. The van der Waals surface area contributed by atoms with Crippen molar-refractivity contribution >= 4 is 33.3 Å². The summed E-state index contributed by atoms with van der Waals surface area (Å²) in [6.45, 7) is 23.4. The SMILES string of the molecule is C[Si](C)(C)O[Si](C)(C)CCCCC[Si](C)(C)O[Si](C)(C)C. The highest BCUT2D eigenvalue weighted by Gasteiger charge is 2.30. The summed E-state index contributed by atoms with van der Waals surface area (Å²) in [5.74, 6) is 0. The molecule has 0 aromatic heterocycles. The van der Waals surface area contributed by atoms with Gasteiger partial charge in [0, 0.05) is 0 Å². The van der Waals surface area contributed by atoms with Crippen molar-refractivity contribution in [3.8, 4) is 0 Å². The number of hydrogen-bond donors (Lipinski definition) is 0. The van der Waals surface area contributed by atoms with E-state index < -0.39 is 33.3 Å². The molecule has 0 atom stereocenters. The van der Waals surface area contributed by atoms with Crippen LogP contribution in [-0.2, 0) is 8.23 Å². The second kappa shape index (κ2) is 8.06. The zero-order valence-corrected chi connectivity index (χ0v) is 20.4. The second-order valence-corrected chi connectivity index (χ2v) is 27.6. The van der Waals surface area contributed by atoms with Crippen molar-refractivity contribution in [2.45, 2.75) is 96.8 Å². The Hall–Kier alpha value is 0.788. The maximum atomic E-state index is 6.41. The van der Waals surface area contributed by atoms with Crippen LogP contribution in [0.1, 0.15) is 19.3 Å². The van der Waals surface area contributed by atoms with Gasteiger partial charge >= 0.3 is 0 Å². The molecule has 0 saturated heterocycles. The van der Waals surface area contributed by atoms with Crippen LogP contribution in [0.3, 0.4) is 0 Å². The van der Waals surface area contributed by atoms with E-state index in [0.717, 1.165) is 0 Å². The van der Waals surface area contributed by atoms with E-state index in [1.807, 2.05) is 0 Å². The highest BCUT2D eigenvalue weighted by atomic mass is 28.4. The van der Waals surface area contributed by atoms with Crippen LogP contribution in [0, 0.1) is 0 Å². The highest BCUT2D eigenvalue weighted by molar-refractivity contribution is 6.84. The zero-order valence-electron chi connectivity index (χ0n) is 16.4. The largest absolute Gasteiger partial charge is 0.456 e. The van der Waals surface area contributed by atoms with Gasteiger partial charge in [-0.1, -0.05) is 19.3 Å². The molecule has 0 aromatic rings. The normalized spacial score (nSPS) is 14.6. The summed E-state index contributed by atoms with van der Waals surface area (Å²) in [4.78, 5) is 0. The summed E-state index contributed by atoms with van der Waals surface area (Å²) in [5.41, 5.74) is 0. The lowest BCUT2D eigenvalue weighted by Gasteiger charge is -2.32. The molecule has 0 aliphatic carbocycles. The van der Waals surface area contributed by atoms with Crippen molar-refractivity contribution in [3.05, 3.63) is 0 Å². The Morgan fingerprint density at radius 1 is 0.476 bits per heavy atom. The molecule has 0 unspecified atom stereocenters. The highest BCUT2D eigenvalue weighted by Crippen LogP contribution is 2.24. The van der Waals surface area contributed by atoms with Gasteiger partial charge < -0.3 is 8.23 Å². The lowest BCUT2D eigenvalue weighted by Crippen LogP contribution is -2.42. The van der Waals surface area contributed by atoms with E-state index in [1.54, 1.807) is 0 Å². The average molecular weight is 365 g/mol. The van der Waals surface area contributed by atoms with Gasteiger partial charge in [0.1, 0.15) is 0 Å². The van der Waals surface area contributed by atoms with Gasteiger partial charge in [-0.2, -0.15) is 0 Å². The fraction of sp³-hybridized carbons (Fsp3) is 1.00. The maximum Gasteiger partial charge on any atom is 0.173 e. The Morgan fingerprint density at radius 3 is 1.00 bits per heavy atom. The van der Waals surface area contributed by atoms with Crippen molar-refractivity contribution in [2.75, 3.05) is 0 Å². The summed E-state index contributed by atoms with van der Waals surface area (Å²) in [6.07, 6.45) is 4.01. The van der Waals surface area contributed by atoms with E-state index in [1.165, 1.54) is 31.4 Å². The number of hydrogen-bond acceptors (Lipinski definition) is 2. The first-order chi connectivity index (χ1) is 9.12. The monoisotopic (exact) mass is 364 g/mol. The molecule has 0 amide bonds. The van der Waals surface area contributed by atoms with E-state index in [2.05, 4.69) is 65.5 Å². The summed E-state index contributed by atoms with van der Waals surface area (Å²) in [6, 6.07) is 2.63. The molecule has 0 fully saturated rings. The van der Waals surface area contributed by atoms with Crippen molar-refractivity contribution in [1.29, 1.82) is 0 Å². The number of rotatable bonds is 10. The molecule has 0 rings (SSSR count). The molecule has 0 aliphatic heterocycles. The van der Waals surface area contributed by atoms with Gasteiger partial charge in [0.05, 0.1) is 0 Å². The Balaban J connectivity index is 3.96. The van der Waals surface area contributed by atoms with Crippen LogP contribution in [0.5, 0.6) is 0 Å². The van der Waals surface area contributed by atoms with Crippen molar-refractivity contribution in [3.63, 3.8) is 0 Å². The van der Waals surface area contributed by atoms with Crippen molar-refractivity contribution in [2.24, 2.45) is 0 Å². The smallest absolute Gasteiger partial charge is 0.173 e. The lowest BCUT2D eigenvalue weighted by molar-refractivity contribution is 0.533. The summed E-state index contributed by atoms with van der Waals surface area (Å²) >= 11 is 0. The third kappa shape index (κ3) is 14.1. The van der Waals surface area contributed by atoms with Crippen LogP contribution in [-0.4, -0.2) is 33.3 Å². The molecule has 0 heterocycles. The molecule has 0 aliphatic rings. The van der Waals surface area contributed by atoms with Crippen LogP contribution >= 0.6 is 0 Å². The van der Waals surface area contributed by atoms with Gasteiger partial charge in [0.25, 0.3) is 0 Å². The Bertz CT molecular complexity index is 274. The first kappa shape index (κ1) is 21.8. The minimum atomic E-state index is -1.42. The summed E-state index contributed by atoms with van der Waals surface area (Å²) < 4.78 is 12.8. The van der Waals surface area contributed by atoms with Crippen LogP contribution in [0.2, 0.25) is 77.6 Å². The summed E-state index contributed by atoms with van der Waals surface area (Å²) in [5, 5.41) is 0. The zero-order chi connectivity index (χ0) is 16.9. The van der Waals surface area contributed by atoms with E-state index in [0.29, 0.717) is 0 Å².